The molecule has 4 nitrogen and oxygen atoms in total. The van der Waals surface area contributed by atoms with E-state index in [2.05, 4.69) is 10.0 Å². The lowest BCUT2D eigenvalue weighted by molar-refractivity contribution is 0.327. The number of rotatable bonds is 3. The van der Waals surface area contributed by atoms with Crippen molar-refractivity contribution in [2.75, 3.05) is 13.1 Å². The zero-order valence-electron chi connectivity index (χ0n) is 10.5. The van der Waals surface area contributed by atoms with Crippen molar-refractivity contribution in [1.82, 2.24) is 10.0 Å². The molecular weight excluding hydrogens is 291 g/mol. The maximum atomic E-state index is 13.7. The zero-order chi connectivity index (χ0) is 14.0. The van der Waals surface area contributed by atoms with Gasteiger partial charge in [0.2, 0.25) is 10.0 Å². The summed E-state index contributed by atoms with van der Waals surface area (Å²) >= 11 is 5.79. The fourth-order valence-corrected chi connectivity index (χ4v) is 4.09. The van der Waals surface area contributed by atoms with Crippen molar-refractivity contribution in [2.45, 2.75) is 24.3 Å². The number of benzene rings is 1. The lowest BCUT2D eigenvalue weighted by atomic mass is 9.96. The molecule has 0 spiro atoms. The van der Waals surface area contributed by atoms with E-state index in [4.69, 9.17) is 11.6 Å². The Kier molecular flexibility index (Phi) is 4.45. The lowest BCUT2D eigenvalue weighted by Gasteiger charge is -2.30. The van der Waals surface area contributed by atoms with Gasteiger partial charge in [-0.3, -0.25) is 0 Å². The van der Waals surface area contributed by atoms with E-state index < -0.39 is 20.7 Å². The highest BCUT2D eigenvalue weighted by Gasteiger charge is 2.29. The minimum absolute atomic E-state index is 0.107. The molecule has 2 N–H and O–H groups in total. The standard InChI is InChI=1S/C12H16ClFN2O2S/c1-8-5-6-15-7-11(8)16-19(17,18)12-9(13)3-2-4-10(12)14/h2-4,8,11,15-16H,5-7H2,1H3. The lowest BCUT2D eigenvalue weighted by Crippen LogP contribution is -2.50. The molecule has 1 aromatic carbocycles. The van der Waals surface area contributed by atoms with Gasteiger partial charge in [0.05, 0.1) is 5.02 Å². The van der Waals surface area contributed by atoms with Gasteiger partial charge in [-0.2, -0.15) is 0 Å². The highest BCUT2D eigenvalue weighted by atomic mass is 35.5. The van der Waals surface area contributed by atoms with Crippen LogP contribution in [0.25, 0.3) is 0 Å². The van der Waals surface area contributed by atoms with E-state index in [1.54, 1.807) is 0 Å². The predicted octanol–water partition coefficient (Wildman–Crippen LogP) is 1.76. The van der Waals surface area contributed by atoms with Crippen molar-refractivity contribution < 1.29 is 12.8 Å². The molecule has 19 heavy (non-hydrogen) atoms. The number of piperidine rings is 1. The molecular formula is C12H16ClFN2O2S. The van der Waals surface area contributed by atoms with Crippen LogP contribution >= 0.6 is 11.6 Å². The largest absolute Gasteiger partial charge is 0.315 e. The molecule has 1 saturated heterocycles. The fraction of sp³-hybridized carbons (Fsp3) is 0.500. The zero-order valence-corrected chi connectivity index (χ0v) is 12.1. The Morgan fingerprint density at radius 1 is 1.47 bits per heavy atom. The van der Waals surface area contributed by atoms with Crippen LogP contribution in [0.1, 0.15) is 13.3 Å². The summed E-state index contributed by atoms with van der Waals surface area (Å²) < 4.78 is 40.7. The molecule has 0 aliphatic carbocycles. The predicted molar refractivity (Wildman–Crippen MR) is 72.2 cm³/mol. The monoisotopic (exact) mass is 306 g/mol. The van der Waals surface area contributed by atoms with Crippen LogP contribution in [-0.4, -0.2) is 27.5 Å². The first kappa shape index (κ1) is 14.7. The van der Waals surface area contributed by atoms with Gasteiger partial charge >= 0.3 is 0 Å². The van der Waals surface area contributed by atoms with E-state index in [-0.39, 0.29) is 17.0 Å². The molecule has 0 saturated carbocycles. The third-order valence-corrected chi connectivity index (χ3v) is 5.31. The molecule has 1 aliphatic rings. The SMILES string of the molecule is CC1CCNCC1NS(=O)(=O)c1c(F)cccc1Cl. The average Bonchev–Trinajstić information content (AvgIpc) is 2.31. The molecule has 2 rings (SSSR count). The summed E-state index contributed by atoms with van der Waals surface area (Å²) in [6, 6.07) is 3.57. The summed E-state index contributed by atoms with van der Waals surface area (Å²) in [5.74, 6) is -0.641. The number of sulfonamides is 1. The number of nitrogens with one attached hydrogen (secondary N) is 2. The van der Waals surface area contributed by atoms with Gasteiger partial charge in [-0.25, -0.2) is 17.5 Å². The van der Waals surface area contributed by atoms with Crippen LogP contribution in [0.15, 0.2) is 23.1 Å². The van der Waals surface area contributed by atoms with Gasteiger partial charge in [0.15, 0.2) is 0 Å². The van der Waals surface area contributed by atoms with Gasteiger partial charge in [0.25, 0.3) is 0 Å². The van der Waals surface area contributed by atoms with Crippen molar-refractivity contribution in [2.24, 2.45) is 5.92 Å². The first-order valence-corrected chi connectivity index (χ1v) is 7.95. The summed E-state index contributed by atoms with van der Waals surface area (Å²) in [6.07, 6.45) is 0.873. The highest BCUT2D eigenvalue weighted by Crippen LogP contribution is 2.25. The van der Waals surface area contributed by atoms with Crippen LogP contribution in [0.5, 0.6) is 0 Å². The van der Waals surface area contributed by atoms with Crippen molar-refractivity contribution >= 4 is 21.6 Å². The Morgan fingerprint density at radius 3 is 2.84 bits per heavy atom. The second-order valence-electron chi connectivity index (χ2n) is 4.75. The summed E-state index contributed by atoms with van der Waals surface area (Å²) in [6.45, 7) is 3.36. The summed E-state index contributed by atoms with van der Waals surface area (Å²) in [5.41, 5.74) is 0. The Morgan fingerprint density at radius 2 is 2.21 bits per heavy atom. The molecule has 2 atom stereocenters. The number of hydrogen-bond acceptors (Lipinski definition) is 3. The fourth-order valence-electron chi connectivity index (χ4n) is 2.14. The van der Waals surface area contributed by atoms with Crippen molar-refractivity contribution in [3.8, 4) is 0 Å². The molecule has 0 aromatic heterocycles. The third kappa shape index (κ3) is 3.25. The van der Waals surface area contributed by atoms with E-state index in [1.807, 2.05) is 6.92 Å². The summed E-state index contributed by atoms with van der Waals surface area (Å²) in [7, 11) is -3.95. The molecule has 0 amide bonds. The van der Waals surface area contributed by atoms with Crippen molar-refractivity contribution in [3.05, 3.63) is 29.0 Å². The number of halogens is 2. The Balaban J connectivity index is 2.27. The van der Waals surface area contributed by atoms with E-state index in [9.17, 15) is 12.8 Å². The molecule has 1 fully saturated rings. The van der Waals surface area contributed by atoms with Crippen LogP contribution in [-0.2, 0) is 10.0 Å². The molecule has 2 unspecified atom stereocenters. The quantitative estimate of drug-likeness (QED) is 0.894. The van der Waals surface area contributed by atoms with Gasteiger partial charge in [0.1, 0.15) is 10.7 Å². The molecule has 1 aromatic rings. The van der Waals surface area contributed by atoms with E-state index in [1.165, 1.54) is 12.1 Å². The second-order valence-corrected chi connectivity index (χ2v) is 6.81. The van der Waals surface area contributed by atoms with Crippen LogP contribution in [0.2, 0.25) is 5.02 Å². The van der Waals surface area contributed by atoms with Crippen LogP contribution < -0.4 is 10.0 Å². The van der Waals surface area contributed by atoms with E-state index in [0.29, 0.717) is 6.54 Å². The summed E-state index contributed by atoms with van der Waals surface area (Å²) in [4.78, 5) is -0.477. The maximum absolute atomic E-state index is 13.7. The second kappa shape index (κ2) is 5.75. The summed E-state index contributed by atoms with van der Waals surface area (Å²) in [5, 5.41) is 3.01. The topological polar surface area (TPSA) is 58.2 Å². The molecule has 7 heteroatoms. The molecule has 0 bridgehead atoms. The minimum Gasteiger partial charge on any atom is -0.315 e. The normalized spacial score (nSPS) is 24.4. The Hall–Kier alpha value is -0.690. The molecule has 0 radical (unpaired) electrons. The Labute approximate surface area is 117 Å². The molecule has 1 aliphatic heterocycles. The van der Waals surface area contributed by atoms with Crippen LogP contribution in [0.3, 0.4) is 0 Å². The first-order valence-electron chi connectivity index (χ1n) is 6.09. The molecule has 106 valence electrons. The van der Waals surface area contributed by atoms with E-state index >= 15 is 0 Å². The van der Waals surface area contributed by atoms with Gasteiger partial charge in [-0.1, -0.05) is 24.6 Å². The minimum atomic E-state index is -3.95. The van der Waals surface area contributed by atoms with Crippen molar-refractivity contribution in [3.63, 3.8) is 0 Å². The third-order valence-electron chi connectivity index (χ3n) is 3.32. The first-order chi connectivity index (χ1) is 8.92. The van der Waals surface area contributed by atoms with Gasteiger partial charge < -0.3 is 5.32 Å². The van der Waals surface area contributed by atoms with Crippen LogP contribution in [0, 0.1) is 11.7 Å². The smallest absolute Gasteiger partial charge is 0.245 e. The van der Waals surface area contributed by atoms with Gasteiger partial charge in [-0.05, 0) is 31.0 Å². The van der Waals surface area contributed by atoms with Gasteiger partial charge in [0, 0.05) is 12.6 Å². The highest BCUT2D eigenvalue weighted by molar-refractivity contribution is 7.89. The van der Waals surface area contributed by atoms with Crippen LogP contribution in [0.4, 0.5) is 4.39 Å². The average molecular weight is 307 g/mol. The van der Waals surface area contributed by atoms with Crippen molar-refractivity contribution in [1.29, 1.82) is 0 Å². The maximum Gasteiger partial charge on any atom is 0.245 e. The molecule has 1 heterocycles. The Bertz CT molecular complexity index is 545. The van der Waals surface area contributed by atoms with E-state index in [0.717, 1.165) is 19.0 Å². The number of hydrogen-bond donors (Lipinski definition) is 2. The van der Waals surface area contributed by atoms with Gasteiger partial charge in [-0.15, -0.1) is 0 Å².